The van der Waals surface area contributed by atoms with Crippen LogP contribution in [0.15, 0.2) is 41.6 Å². The molecule has 3 heterocycles. The summed E-state index contributed by atoms with van der Waals surface area (Å²) in [5.74, 6) is 0.711. The van der Waals surface area contributed by atoms with E-state index in [1.165, 1.54) is 22.5 Å². The first-order valence-electron chi connectivity index (χ1n) is 9.78. The largest absolute Gasteiger partial charge is 0.310 e. The number of anilines is 1. The lowest BCUT2D eigenvalue weighted by molar-refractivity contribution is -0.113. The second-order valence-electron chi connectivity index (χ2n) is 7.22. The van der Waals surface area contributed by atoms with E-state index < -0.39 is 0 Å². The van der Waals surface area contributed by atoms with E-state index in [4.69, 9.17) is 0 Å². The average molecular weight is 453 g/mol. The fourth-order valence-corrected chi connectivity index (χ4v) is 3.88. The van der Waals surface area contributed by atoms with Gasteiger partial charge in [0.2, 0.25) is 5.91 Å². The van der Waals surface area contributed by atoms with Gasteiger partial charge in [-0.1, -0.05) is 23.9 Å². The highest BCUT2D eigenvalue weighted by Gasteiger charge is 2.17. The first kappa shape index (κ1) is 21.6. The number of thioether (sulfide) groups is 1. The van der Waals surface area contributed by atoms with E-state index in [1.807, 2.05) is 26.8 Å². The zero-order valence-electron chi connectivity index (χ0n) is 18.0. The Morgan fingerprint density at radius 1 is 1.06 bits per heavy atom. The Kier molecular flexibility index (Phi) is 5.99. The number of aromatic nitrogens is 7. The number of hydrogen-bond donors (Lipinski definition) is 1. The summed E-state index contributed by atoms with van der Waals surface area (Å²) in [7, 11) is 1.73. The molecule has 4 rings (SSSR count). The average Bonchev–Trinajstić information content (AvgIpc) is 3.28. The summed E-state index contributed by atoms with van der Waals surface area (Å²) in [4.78, 5) is 21.4. The molecule has 0 spiro atoms. The van der Waals surface area contributed by atoms with Crippen molar-refractivity contribution < 1.29 is 9.18 Å². The van der Waals surface area contributed by atoms with Gasteiger partial charge in [0.1, 0.15) is 11.6 Å². The molecule has 4 aromatic rings. The summed E-state index contributed by atoms with van der Waals surface area (Å²) in [5.41, 5.74) is 2.69. The molecule has 164 valence electrons. The van der Waals surface area contributed by atoms with Gasteiger partial charge in [-0.3, -0.25) is 4.79 Å². The monoisotopic (exact) mass is 452 g/mol. The van der Waals surface area contributed by atoms with Crippen LogP contribution in [-0.2, 0) is 11.8 Å². The van der Waals surface area contributed by atoms with E-state index in [0.717, 1.165) is 17.1 Å². The highest BCUT2D eigenvalue weighted by Crippen LogP contribution is 2.25. The maximum Gasteiger partial charge on any atom is 0.252 e. The fraction of sp³-hybridized carbons (Fsp3) is 0.238. The van der Waals surface area contributed by atoms with Gasteiger partial charge >= 0.3 is 0 Å². The molecule has 11 heteroatoms. The number of carbonyl (C=O) groups excluding carboxylic acids is 1. The molecule has 32 heavy (non-hydrogen) atoms. The lowest BCUT2D eigenvalue weighted by Gasteiger charge is -2.09. The summed E-state index contributed by atoms with van der Waals surface area (Å²) < 4.78 is 17.3. The van der Waals surface area contributed by atoms with Gasteiger partial charge in [0.15, 0.2) is 11.0 Å². The Morgan fingerprint density at radius 2 is 1.78 bits per heavy atom. The lowest BCUT2D eigenvalue weighted by Crippen LogP contribution is -2.18. The summed E-state index contributed by atoms with van der Waals surface area (Å²) in [6.07, 6.45) is 0. The lowest BCUT2D eigenvalue weighted by atomic mass is 10.2. The number of amides is 1. The Morgan fingerprint density at radius 3 is 2.50 bits per heavy atom. The van der Waals surface area contributed by atoms with Crippen LogP contribution in [0, 0.1) is 26.6 Å². The van der Waals surface area contributed by atoms with Crippen LogP contribution in [0.25, 0.3) is 17.3 Å². The van der Waals surface area contributed by atoms with Gasteiger partial charge in [-0.05, 0) is 39.0 Å². The van der Waals surface area contributed by atoms with Crippen molar-refractivity contribution in [3.63, 3.8) is 0 Å². The number of benzene rings is 1. The van der Waals surface area contributed by atoms with Crippen LogP contribution in [0.5, 0.6) is 0 Å². The van der Waals surface area contributed by atoms with Crippen LogP contribution in [0.2, 0.25) is 0 Å². The Labute approximate surface area is 188 Å². The van der Waals surface area contributed by atoms with Crippen molar-refractivity contribution in [2.24, 2.45) is 7.05 Å². The molecule has 0 fully saturated rings. The van der Waals surface area contributed by atoms with E-state index in [-0.39, 0.29) is 17.5 Å². The number of nitrogens with one attached hydrogen (secondary N) is 1. The van der Waals surface area contributed by atoms with Crippen molar-refractivity contribution in [2.45, 2.75) is 25.9 Å². The van der Waals surface area contributed by atoms with Crippen LogP contribution < -0.4 is 5.32 Å². The first-order valence-corrected chi connectivity index (χ1v) is 10.8. The van der Waals surface area contributed by atoms with Gasteiger partial charge in [-0.15, -0.1) is 10.2 Å². The summed E-state index contributed by atoms with van der Waals surface area (Å²) in [6, 6.07) is 9.98. The molecule has 0 bridgehead atoms. The number of nitrogens with zero attached hydrogens (tertiary/aromatic N) is 7. The second kappa shape index (κ2) is 8.87. The van der Waals surface area contributed by atoms with Crippen molar-refractivity contribution in [3.8, 4) is 17.3 Å². The molecule has 0 aliphatic carbocycles. The number of hydrogen-bond acceptors (Lipinski definition) is 7. The SMILES string of the molecule is Cc1cc(C)nc(-n2nc(C)cc2NC(=O)CSc2nnc(-c3ccccc3F)n2C)n1. The standard InChI is InChI=1S/C21H21FN8OS/c1-12-9-13(2)24-20(23-12)30-17(10-14(3)28-30)25-18(31)11-32-21-27-26-19(29(21)4)15-7-5-6-8-16(15)22/h5-10H,11H2,1-4H3,(H,25,31). The summed E-state index contributed by atoms with van der Waals surface area (Å²) in [5, 5.41) is 15.9. The molecule has 0 saturated carbocycles. The molecule has 1 N–H and O–H groups in total. The van der Waals surface area contributed by atoms with Crippen LogP contribution in [0.4, 0.5) is 10.2 Å². The zero-order valence-corrected chi connectivity index (χ0v) is 18.8. The van der Waals surface area contributed by atoms with Gasteiger partial charge in [0.05, 0.1) is 17.0 Å². The number of rotatable bonds is 6. The van der Waals surface area contributed by atoms with Crippen LogP contribution in [-0.4, -0.2) is 46.2 Å². The fourth-order valence-electron chi connectivity index (χ4n) is 3.17. The molecule has 0 radical (unpaired) electrons. The maximum atomic E-state index is 14.1. The van der Waals surface area contributed by atoms with Gasteiger partial charge < -0.3 is 9.88 Å². The Balaban J connectivity index is 1.48. The van der Waals surface area contributed by atoms with E-state index in [2.05, 4.69) is 30.6 Å². The third-order valence-electron chi connectivity index (χ3n) is 4.54. The first-order chi connectivity index (χ1) is 15.3. The summed E-state index contributed by atoms with van der Waals surface area (Å²) in [6.45, 7) is 5.58. The van der Waals surface area contributed by atoms with Crippen molar-refractivity contribution in [1.29, 1.82) is 0 Å². The van der Waals surface area contributed by atoms with Crippen molar-refractivity contribution in [1.82, 2.24) is 34.5 Å². The molecule has 0 atom stereocenters. The number of carbonyl (C=O) groups is 1. The molecule has 0 aliphatic rings. The van der Waals surface area contributed by atoms with Crippen molar-refractivity contribution in [2.75, 3.05) is 11.1 Å². The van der Waals surface area contributed by atoms with Crippen LogP contribution in [0.3, 0.4) is 0 Å². The molecule has 1 aromatic carbocycles. The maximum absolute atomic E-state index is 14.1. The summed E-state index contributed by atoms with van der Waals surface area (Å²) >= 11 is 1.20. The second-order valence-corrected chi connectivity index (χ2v) is 8.16. The minimum absolute atomic E-state index is 0.0845. The number of halogens is 1. The smallest absolute Gasteiger partial charge is 0.252 e. The Bertz CT molecular complexity index is 1280. The topological polar surface area (TPSA) is 103 Å². The zero-order chi connectivity index (χ0) is 22.8. The predicted molar refractivity (Wildman–Crippen MR) is 119 cm³/mol. The molecule has 0 unspecified atom stereocenters. The molecule has 1 amide bonds. The van der Waals surface area contributed by atoms with E-state index >= 15 is 0 Å². The molecular formula is C21H21FN8OS. The van der Waals surface area contributed by atoms with Gasteiger partial charge in [0, 0.05) is 24.5 Å². The van der Waals surface area contributed by atoms with E-state index in [1.54, 1.807) is 35.9 Å². The van der Waals surface area contributed by atoms with E-state index in [0.29, 0.717) is 28.3 Å². The third kappa shape index (κ3) is 4.52. The predicted octanol–water partition coefficient (Wildman–Crippen LogP) is 3.25. The molecule has 0 saturated heterocycles. The molecule has 0 aliphatic heterocycles. The van der Waals surface area contributed by atoms with Crippen molar-refractivity contribution >= 4 is 23.5 Å². The van der Waals surface area contributed by atoms with Crippen molar-refractivity contribution in [3.05, 3.63) is 59.3 Å². The van der Waals surface area contributed by atoms with Crippen LogP contribution >= 0.6 is 11.8 Å². The third-order valence-corrected chi connectivity index (χ3v) is 5.56. The minimum Gasteiger partial charge on any atom is -0.310 e. The Hall–Kier alpha value is -3.60. The molecule has 3 aromatic heterocycles. The molecule has 9 nitrogen and oxygen atoms in total. The van der Waals surface area contributed by atoms with Gasteiger partial charge in [-0.25, -0.2) is 14.4 Å². The number of aryl methyl sites for hydroxylation is 3. The highest BCUT2D eigenvalue weighted by atomic mass is 32.2. The van der Waals surface area contributed by atoms with E-state index in [9.17, 15) is 9.18 Å². The normalized spacial score (nSPS) is 11.0. The molecular weight excluding hydrogens is 431 g/mol. The van der Waals surface area contributed by atoms with Gasteiger partial charge in [-0.2, -0.15) is 9.78 Å². The minimum atomic E-state index is -0.380. The highest BCUT2D eigenvalue weighted by molar-refractivity contribution is 7.99. The van der Waals surface area contributed by atoms with Crippen LogP contribution in [0.1, 0.15) is 17.1 Å². The van der Waals surface area contributed by atoms with Gasteiger partial charge in [0.25, 0.3) is 5.95 Å². The quantitative estimate of drug-likeness (QED) is 0.448.